The van der Waals surface area contributed by atoms with E-state index in [2.05, 4.69) is 25.7 Å². The quantitative estimate of drug-likeness (QED) is 0.195. The molecule has 1 fully saturated rings. The van der Waals surface area contributed by atoms with Crippen molar-refractivity contribution >= 4 is 48.5 Å². The fraction of sp³-hybridized carbons (Fsp3) is 0.214. The Morgan fingerprint density at radius 2 is 1.77 bits per heavy atom. The van der Waals surface area contributed by atoms with E-state index in [1.807, 2.05) is 24.3 Å². The van der Waals surface area contributed by atoms with E-state index >= 15 is 0 Å². The molecule has 40 heavy (non-hydrogen) atoms. The second-order valence-electron chi connectivity index (χ2n) is 9.19. The number of rotatable bonds is 8. The molecule has 208 valence electrons. The summed E-state index contributed by atoms with van der Waals surface area (Å²) in [4.78, 5) is 16.5. The van der Waals surface area contributed by atoms with E-state index < -0.39 is 28.1 Å². The van der Waals surface area contributed by atoms with Gasteiger partial charge < -0.3 is 9.47 Å². The van der Waals surface area contributed by atoms with E-state index in [9.17, 15) is 26.4 Å². The summed E-state index contributed by atoms with van der Waals surface area (Å²) in [6.45, 7) is -0.212. The fourth-order valence-electron chi connectivity index (χ4n) is 4.44. The minimum Gasteiger partial charge on any atom is -0.465 e. The summed E-state index contributed by atoms with van der Waals surface area (Å²) < 4.78 is 76.5. The van der Waals surface area contributed by atoms with Gasteiger partial charge in [0.15, 0.2) is 0 Å². The number of hydrogen-bond donors (Lipinski definition) is 0. The van der Waals surface area contributed by atoms with Crippen LogP contribution in [0.3, 0.4) is 0 Å². The van der Waals surface area contributed by atoms with Crippen molar-refractivity contribution in [2.45, 2.75) is 36.6 Å². The summed E-state index contributed by atoms with van der Waals surface area (Å²) in [7, 11) is -3.06. The molecule has 0 unspecified atom stereocenters. The van der Waals surface area contributed by atoms with E-state index in [4.69, 9.17) is 4.74 Å². The van der Waals surface area contributed by atoms with Crippen LogP contribution in [0.2, 0.25) is 0 Å². The molecular weight excluding hydrogens is 613 g/mol. The van der Waals surface area contributed by atoms with Crippen LogP contribution in [-0.4, -0.2) is 32.8 Å². The van der Waals surface area contributed by atoms with Gasteiger partial charge in [-0.1, -0.05) is 36.4 Å². The van der Waals surface area contributed by atoms with E-state index in [1.54, 1.807) is 6.20 Å². The van der Waals surface area contributed by atoms with E-state index in [1.165, 1.54) is 37.4 Å². The van der Waals surface area contributed by atoms with Crippen molar-refractivity contribution in [2.24, 2.45) is 0 Å². The maximum Gasteiger partial charge on any atom is 0.573 e. The average Bonchev–Trinajstić information content (AvgIpc) is 3.76. The Hall–Kier alpha value is -3.64. The number of carbonyl (C=O) groups is 1. The number of alkyl halides is 3. The molecule has 1 aliphatic carbocycles. The Morgan fingerprint density at radius 3 is 2.40 bits per heavy atom. The van der Waals surface area contributed by atoms with Crippen LogP contribution in [0, 0.1) is 0 Å². The monoisotopic (exact) mass is 634 g/mol. The van der Waals surface area contributed by atoms with Crippen molar-refractivity contribution in [3.8, 4) is 5.75 Å². The van der Waals surface area contributed by atoms with Crippen molar-refractivity contribution in [3.05, 3.63) is 94.1 Å². The highest BCUT2D eigenvalue weighted by Gasteiger charge is 2.36. The van der Waals surface area contributed by atoms with Crippen LogP contribution in [0.4, 0.5) is 19.0 Å². The molecule has 0 amide bonds. The Bertz CT molecular complexity index is 1690. The zero-order chi connectivity index (χ0) is 28.7. The van der Waals surface area contributed by atoms with Gasteiger partial charge in [0.25, 0.3) is 10.0 Å². The summed E-state index contributed by atoms with van der Waals surface area (Å²) in [6.07, 6.45) is -1.50. The van der Waals surface area contributed by atoms with Crippen LogP contribution in [0.15, 0.2) is 82.3 Å². The second kappa shape index (κ2) is 10.7. The lowest BCUT2D eigenvalue weighted by Gasteiger charge is -2.27. The molecule has 1 aliphatic rings. The van der Waals surface area contributed by atoms with Crippen molar-refractivity contribution in [3.63, 3.8) is 0 Å². The summed E-state index contributed by atoms with van der Waals surface area (Å²) in [5.41, 5.74) is 1.36. The van der Waals surface area contributed by atoms with Gasteiger partial charge in [0.05, 0.1) is 24.1 Å². The molecule has 0 saturated heterocycles. The third-order valence-corrected chi connectivity index (χ3v) is 8.84. The molecule has 0 atom stereocenters. The number of hydrogen-bond acceptors (Lipinski definition) is 6. The SMILES string of the molecule is COC(=O)c1ccc(S(=O)(=O)N(Cc2ccc(OC(F)(F)F)cc2)c2ncc3ccccc3c2C2CC2)cc1Br. The average molecular weight is 635 g/mol. The third kappa shape index (κ3) is 5.78. The van der Waals surface area contributed by atoms with Crippen molar-refractivity contribution in [2.75, 3.05) is 11.4 Å². The number of aromatic nitrogens is 1. The van der Waals surface area contributed by atoms with Crippen molar-refractivity contribution < 1.29 is 35.9 Å². The highest BCUT2D eigenvalue weighted by Crippen LogP contribution is 2.48. The highest BCUT2D eigenvalue weighted by atomic mass is 79.9. The lowest BCUT2D eigenvalue weighted by molar-refractivity contribution is -0.274. The van der Waals surface area contributed by atoms with Gasteiger partial charge >= 0.3 is 12.3 Å². The molecule has 0 aliphatic heterocycles. The van der Waals surface area contributed by atoms with Gasteiger partial charge in [-0.05, 0) is 76.0 Å². The zero-order valence-electron chi connectivity index (χ0n) is 21.0. The van der Waals surface area contributed by atoms with Crippen LogP contribution in [0.5, 0.6) is 5.75 Å². The number of benzene rings is 3. The predicted octanol–water partition coefficient (Wildman–Crippen LogP) is 6.96. The van der Waals surface area contributed by atoms with Crippen molar-refractivity contribution in [1.82, 2.24) is 4.98 Å². The van der Waals surface area contributed by atoms with Crippen LogP contribution in [0.1, 0.15) is 40.2 Å². The van der Waals surface area contributed by atoms with Gasteiger partial charge in [-0.25, -0.2) is 22.5 Å². The molecule has 12 heteroatoms. The number of ether oxygens (including phenoxy) is 2. The number of esters is 1. The lowest BCUT2D eigenvalue weighted by atomic mass is 10.0. The van der Waals surface area contributed by atoms with Gasteiger partial charge in [0.1, 0.15) is 11.6 Å². The summed E-state index contributed by atoms with van der Waals surface area (Å²) >= 11 is 3.26. The third-order valence-electron chi connectivity index (χ3n) is 6.46. The minimum absolute atomic E-state index is 0.110. The lowest BCUT2D eigenvalue weighted by Crippen LogP contribution is -2.32. The molecule has 3 aromatic carbocycles. The number of sulfonamides is 1. The molecule has 1 heterocycles. The molecule has 0 bridgehead atoms. The molecular formula is C28H22BrF3N2O5S. The maximum absolute atomic E-state index is 14.2. The van der Waals surface area contributed by atoms with Gasteiger partial charge in [0.2, 0.25) is 0 Å². The van der Waals surface area contributed by atoms with Crippen LogP contribution >= 0.6 is 15.9 Å². The number of carbonyl (C=O) groups excluding carboxylic acids is 1. The Kier molecular flexibility index (Phi) is 7.49. The Morgan fingerprint density at radius 1 is 1.07 bits per heavy atom. The zero-order valence-corrected chi connectivity index (χ0v) is 23.4. The van der Waals surface area contributed by atoms with Crippen LogP contribution in [-0.2, 0) is 21.3 Å². The fourth-order valence-corrected chi connectivity index (χ4v) is 6.59. The molecule has 4 aromatic rings. The number of methoxy groups -OCH3 is 1. The second-order valence-corrected chi connectivity index (χ2v) is 11.9. The first-order chi connectivity index (χ1) is 19.0. The first-order valence-corrected chi connectivity index (χ1v) is 14.3. The normalized spacial score (nSPS) is 13.7. The van der Waals surface area contributed by atoms with E-state index in [0.717, 1.165) is 45.6 Å². The first kappa shape index (κ1) is 27.9. The van der Waals surface area contributed by atoms with Crippen LogP contribution in [0.25, 0.3) is 10.8 Å². The standard InChI is InChI=1S/C28H22BrF3N2O5S/c1-38-27(35)23-13-12-21(14-24(23)29)40(36,37)34(16-17-6-10-20(11-7-17)39-28(30,31)32)26-25(18-8-9-18)22-5-3-2-4-19(22)15-33-26/h2-7,10-15,18H,8-9,16H2,1H3. The highest BCUT2D eigenvalue weighted by molar-refractivity contribution is 9.10. The summed E-state index contributed by atoms with van der Waals surface area (Å²) in [5, 5.41) is 1.75. The molecule has 7 nitrogen and oxygen atoms in total. The number of halogens is 4. The molecule has 1 aromatic heterocycles. The number of pyridine rings is 1. The molecule has 0 N–H and O–H groups in total. The summed E-state index contributed by atoms with van der Waals surface area (Å²) in [6, 6.07) is 16.5. The smallest absolute Gasteiger partial charge is 0.465 e. The van der Waals surface area contributed by atoms with Crippen LogP contribution < -0.4 is 9.04 Å². The number of anilines is 1. The Balaban J connectivity index is 1.63. The number of fused-ring (bicyclic) bond motifs is 1. The minimum atomic E-state index is -4.85. The van der Waals surface area contributed by atoms with Gasteiger partial charge in [-0.2, -0.15) is 0 Å². The Labute approximate surface area is 236 Å². The maximum atomic E-state index is 14.2. The first-order valence-electron chi connectivity index (χ1n) is 12.1. The predicted molar refractivity (Wildman–Crippen MR) is 146 cm³/mol. The molecule has 0 spiro atoms. The van der Waals surface area contributed by atoms with E-state index in [0.29, 0.717) is 5.56 Å². The summed E-state index contributed by atoms with van der Waals surface area (Å²) in [5.74, 6) is -0.705. The molecule has 1 saturated carbocycles. The van der Waals surface area contributed by atoms with Gasteiger partial charge in [-0.3, -0.25) is 0 Å². The van der Waals surface area contributed by atoms with E-state index in [-0.39, 0.29) is 33.2 Å². The molecule has 0 radical (unpaired) electrons. The molecule has 5 rings (SSSR count). The van der Waals surface area contributed by atoms with Gasteiger partial charge in [-0.15, -0.1) is 13.2 Å². The largest absolute Gasteiger partial charge is 0.573 e. The van der Waals surface area contributed by atoms with Gasteiger partial charge in [0, 0.05) is 21.6 Å². The topological polar surface area (TPSA) is 85.8 Å². The number of nitrogens with zero attached hydrogens (tertiary/aromatic N) is 2. The van der Waals surface area contributed by atoms with Crippen molar-refractivity contribution in [1.29, 1.82) is 0 Å².